The van der Waals surface area contributed by atoms with Crippen molar-refractivity contribution in [3.63, 3.8) is 0 Å². The van der Waals surface area contributed by atoms with E-state index in [0.717, 1.165) is 5.56 Å². The van der Waals surface area contributed by atoms with Gasteiger partial charge in [-0.05, 0) is 58.2 Å². The monoisotopic (exact) mass is 376 g/mol. The van der Waals surface area contributed by atoms with Crippen LogP contribution in [0.2, 0.25) is 0 Å². The molecule has 140 valence electrons. The number of aromatic amines is 1. The van der Waals surface area contributed by atoms with Crippen molar-refractivity contribution in [2.24, 2.45) is 0 Å². The number of sulfonamides is 1. The van der Waals surface area contributed by atoms with Gasteiger partial charge < -0.3 is 5.32 Å². The normalized spacial score (nSPS) is 14.4. The van der Waals surface area contributed by atoms with Gasteiger partial charge in [-0.2, -0.15) is 5.10 Å². The lowest BCUT2D eigenvalue weighted by atomic mass is 9.97. The molecule has 1 aliphatic rings. The number of aromatic nitrogens is 2. The van der Waals surface area contributed by atoms with Crippen molar-refractivity contribution in [1.29, 1.82) is 0 Å². The first-order valence-electron chi connectivity index (χ1n) is 8.70. The molecule has 1 amide bonds. The van der Waals surface area contributed by atoms with Gasteiger partial charge in [-0.1, -0.05) is 6.07 Å². The molecule has 1 aromatic carbocycles. The average Bonchev–Trinajstić information content (AvgIpc) is 2.92. The maximum absolute atomic E-state index is 13.3. The minimum atomic E-state index is -3.75. The zero-order valence-electron chi connectivity index (χ0n) is 15.5. The van der Waals surface area contributed by atoms with Gasteiger partial charge in [0.25, 0.3) is 15.9 Å². The minimum absolute atomic E-state index is 0.0120. The zero-order chi connectivity index (χ0) is 19.1. The summed E-state index contributed by atoms with van der Waals surface area (Å²) in [5.74, 6) is -0.174. The highest BCUT2D eigenvalue weighted by atomic mass is 32.2. The van der Waals surface area contributed by atoms with Crippen molar-refractivity contribution >= 4 is 21.6 Å². The Morgan fingerprint density at radius 2 is 2.04 bits per heavy atom. The highest BCUT2D eigenvalue weighted by molar-refractivity contribution is 7.93. The molecule has 2 aromatic rings. The lowest BCUT2D eigenvalue weighted by Crippen LogP contribution is -2.37. The van der Waals surface area contributed by atoms with Crippen LogP contribution >= 0.6 is 0 Å². The minimum Gasteiger partial charge on any atom is -0.350 e. The molecule has 2 N–H and O–H groups in total. The van der Waals surface area contributed by atoms with Crippen LogP contribution in [0.1, 0.15) is 47.6 Å². The molecule has 1 aromatic heterocycles. The summed E-state index contributed by atoms with van der Waals surface area (Å²) in [4.78, 5) is 12.7. The van der Waals surface area contributed by atoms with Crippen LogP contribution < -0.4 is 9.62 Å². The third kappa shape index (κ3) is 3.09. The molecule has 0 aliphatic carbocycles. The first-order chi connectivity index (χ1) is 12.2. The topological polar surface area (TPSA) is 95.2 Å². The molecule has 8 heteroatoms. The molecule has 26 heavy (non-hydrogen) atoms. The Labute approximate surface area is 153 Å². The SMILES string of the molecule is Cc1n[nH]c(C)c1S(=O)(=O)N1CCCc2c(C(=O)NC(C)C)cccc21. The van der Waals surface area contributed by atoms with Crippen LogP contribution in [0.5, 0.6) is 0 Å². The smallest absolute Gasteiger partial charge is 0.267 e. The fourth-order valence-electron chi connectivity index (χ4n) is 3.42. The fraction of sp³-hybridized carbons (Fsp3) is 0.444. The Balaban J connectivity index is 2.09. The molecule has 3 rings (SSSR count). The van der Waals surface area contributed by atoms with E-state index in [1.165, 1.54) is 4.31 Å². The number of carbonyl (C=O) groups is 1. The maximum Gasteiger partial charge on any atom is 0.267 e. The van der Waals surface area contributed by atoms with Gasteiger partial charge in [0.2, 0.25) is 0 Å². The fourth-order valence-corrected chi connectivity index (χ4v) is 5.30. The number of anilines is 1. The van der Waals surface area contributed by atoms with Crippen molar-refractivity contribution < 1.29 is 13.2 Å². The van der Waals surface area contributed by atoms with Gasteiger partial charge in [0.05, 0.1) is 17.1 Å². The molecular weight excluding hydrogens is 352 g/mol. The van der Waals surface area contributed by atoms with E-state index >= 15 is 0 Å². The molecule has 0 spiro atoms. The second-order valence-corrected chi connectivity index (χ2v) is 8.67. The molecule has 7 nitrogen and oxygen atoms in total. The van der Waals surface area contributed by atoms with E-state index in [9.17, 15) is 13.2 Å². The Morgan fingerprint density at radius 3 is 2.65 bits per heavy atom. The summed E-state index contributed by atoms with van der Waals surface area (Å²) >= 11 is 0. The number of hydrogen-bond acceptors (Lipinski definition) is 4. The Kier molecular flexibility index (Phi) is 4.79. The molecule has 0 bridgehead atoms. The number of amides is 1. The van der Waals surface area contributed by atoms with Gasteiger partial charge in [0, 0.05) is 18.2 Å². The molecule has 2 heterocycles. The van der Waals surface area contributed by atoms with Crippen LogP contribution in [0.15, 0.2) is 23.1 Å². The number of benzene rings is 1. The second-order valence-electron chi connectivity index (χ2n) is 6.88. The first-order valence-corrected chi connectivity index (χ1v) is 10.1. The summed E-state index contributed by atoms with van der Waals surface area (Å²) in [5.41, 5.74) is 2.86. The third-order valence-electron chi connectivity index (χ3n) is 4.48. The van der Waals surface area contributed by atoms with Crippen molar-refractivity contribution in [3.8, 4) is 0 Å². The standard InChI is InChI=1S/C18H24N4O3S/c1-11(2)19-18(23)15-7-5-9-16-14(15)8-6-10-22(16)26(24,25)17-12(3)20-21-13(17)4/h5,7,9,11H,6,8,10H2,1-4H3,(H,19,23)(H,20,21). The largest absolute Gasteiger partial charge is 0.350 e. The Hall–Kier alpha value is -2.35. The number of carbonyl (C=O) groups excluding carboxylic acids is 1. The summed E-state index contributed by atoms with van der Waals surface area (Å²) in [7, 11) is -3.75. The van der Waals surface area contributed by atoms with Gasteiger partial charge in [-0.25, -0.2) is 8.42 Å². The Morgan fingerprint density at radius 1 is 1.31 bits per heavy atom. The van der Waals surface area contributed by atoms with Crippen LogP contribution in [0.4, 0.5) is 5.69 Å². The van der Waals surface area contributed by atoms with Crippen LogP contribution in [0, 0.1) is 13.8 Å². The predicted octanol–water partition coefficient (Wildman–Crippen LogP) is 2.31. The lowest BCUT2D eigenvalue weighted by Gasteiger charge is -2.31. The highest BCUT2D eigenvalue weighted by Crippen LogP contribution is 2.35. The first kappa shape index (κ1) is 18.4. The highest BCUT2D eigenvalue weighted by Gasteiger charge is 2.34. The lowest BCUT2D eigenvalue weighted by molar-refractivity contribution is 0.0942. The van der Waals surface area contributed by atoms with Crippen LogP contribution in [-0.2, 0) is 16.4 Å². The number of aryl methyl sites for hydroxylation is 2. The molecule has 0 fully saturated rings. The van der Waals surface area contributed by atoms with E-state index in [2.05, 4.69) is 15.5 Å². The van der Waals surface area contributed by atoms with Crippen molar-refractivity contribution in [1.82, 2.24) is 15.5 Å². The maximum atomic E-state index is 13.3. The van der Waals surface area contributed by atoms with Gasteiger partial charge in [0.15, 0.2) is 0 Å². The summed E-state index contributed by atoms with van der Waals surface area (Å²) in [6.45, 7) is 7.55. The molecule has 1 aliphatic heterocycles. The van der Waals surface area contributed by atoms with E-state index in [1.54, 1.807) is 32.0 Å². The summed E-state index contributed by atoms with van der Waals surface area (Å²) in [5, 5.41) is 9.64. The second kappa shape index (κ2) is 6.75. The number of hydrogen-bond donors (Lipinski definition) is 2. The third-order valence-corrected chi connectivity index (χ3v) is 6.56. The molecular formula is C18H24N4O3S. The van der Waals surface area contributed by atoms with Gasteiger partial charge in [-0.3, -0.25) is 14.2 Å². The Bertz CT molecular complexity index is 928. The van der Waals surface area contributed by atoms with Crippen LogP contribution in [-0.4, -0.2) is 37.1 Å². The summed E-state index contributed by atoms with van der Waals surface area (Å²) in [6, 6.07) is 5.26. The van der Waals surface area contributed by atoms with Crippen LogP contribution in [0.25, 0.3) is 0 Å². The van der Waals surface area contributed by atoms with E-state index in [4.69, 9.17) is 0 Å². The summed E-state index contributed by atoms with van der Waals surface area (Å²) < 4.78 is 28.0. The van der Waals surface area contributed by atoms with Crippen molar-refractivity contribution in [2.75, 3.05) is 10.8 Å². The van der Waals surface area contributed by atoms with Crippen molar-refractivity contribution in [2.45, 2.75) is 51.5 Å². The van der Waals surface area contributed by atoms with E-state index in [1.807, 2.05) is 13.8 Å². The zero-order valence-corrected chi connectivity index (χ0v) is 16.3. The molecule has 0 atom stereocenters. The van der Waals surface area contributed by atoms with E-state index < -0.39 is 10.0 Å². The molecule has 0 saturated carbocycles. The number of nitrogens with one attached hydrogen (secondary N) is 2. The molecule has 0 unspecified atom stereocenters. The van der Waals surface area contributed by atoms with Gasteiger partial charge in [-0.15, -0.1) is 0 Å². The number of nitrogens with zero attached hydrogens (tertiary/aromatic N) is 2. The summed E-state index contributed by atoms with van der Waals surface area (Å²) in [6.07, 6.45) is 1.33. The average molecular weight is 376 g/mol. The van der Waals surface area contributed by atoms with Crippen LogP contribution in [0.3, 0.4) is 0 Å². The number of H-pyrrole nitrogens is 1. The molecule has 0 radical (unpaired) electrons. The number of rotatable bonds is 4. The molecule has 0 saturated heterocycles. The van der Waals surface area contributed by atoms with Crippen molar-refractivity contribution in [3.05, 3.63) is 40.7 Å². The van der Waals surface area contributed by atoms with Gasteiger partial charge >= 0.3 is 0 Å². The van der Waals surface area contributed by atoms with E-state index in [0.29, 0.717) is 42.0 Å². The number of fused-ring (bicyclic) bond motifs is 1. The van der Waals surface area contributed by atoms with Gasteiger partial charge in [0.1, 0.15) is 4.90 Å². The quantitative estimate of drug-likeness (QED) is 0.856. The predicted molar refractivity (Wildman–Crippen MR) is 100.0 cm³/mol. The van der Waals surface area contributed by atoms with E-state index in [-0.39, 0.29) is 16.8 Å².